The Kier molecular flexibility index (Phi) is 3.48. The lowest BCUT2D eigenvalue weighted by Gasteiger charge is -2.19. The molecular weight excluding hydrogens is 229 g/mol. The van der Waals surface area contributed by atoms with Crippen LogP contribution < -0.4 is 5.32 Å². The summed E-state index contributed by atoms with van der Waals surface area (Å²) in [4.78, 5) is 0. The highest BCUT2D eigenvalue weighted by molar-refractivity contribution is 5.59. The summed E-state index contributed by atoms with van der Waals surface area (Å²) < 4.78 is 13.6. The van der Waals surface area contributed by atoms with Crippen LogP contribution in [0.25, 0.3) is 11.3 Å². The summed E-state index contributed by atoms with van der Waals surface area (Å²) in [5.41, 5.74) is 2.15. The summed E-state index contributed by atoms with van der Waals surface area (Å²) in [6.07, 6.45) is 0. The summed E-state index contributed by atoms with van der Waals surface area (Å²) in [5, 5.41) is 10.4. The average Bonchev–Trinajstić information content (AvgIpc) is 2.75. The monoisotopic (exact) mass is 247 g/mol. The topological polar surface area (TPSA) is 40.7 Å². The van der Waals surface area contributed by atoms with Gasteiger partial charge >= 0.3 is 0 Å². The third kappa shape index (κ3) is 3.17. The Labute approximate surface area is 106 Å². The largest absolute Gasteiger partial charge is 0.306 e. The predicted molar refractivity (Wildman–Crippen MR) is 70.6 cm³/mol. The molecule has 0 amide bonds. The average molecular weight is 247 g/mol. The van der Waals surface area contributed by atoms with Gasteiger partial charge < -0.3 is 5.32 Å². The highest BCUT2D eigenvalue weighted by Crippen LogP contribution is 2.20. The second kappa shape index (κ2) is 4.90. The van der Waals surface area contributed by atoms with Crippen LogP contribution in [0.15, 0.2) is 30.3 Å². The quantitative estimate of drug-likeness (QED) is 0.875. The molecule has 0 bridgehead atoms. The molecule has 4 heteroatoms. The molecule has 0 aliphatic rings. The van der Waals surface area contributed by atoms with Crippen LogP contribution in [0, 0.1) is 5.82 Å². The molecule has 0 spiro atoms. The standard InChI is InChI=1S/C14H18FN3/c1-14(2,3)16-9-10-8-13(18-17-10)11-6-4-5-7-12(11)15/h4-8,16H,9H2,1-3H3,(H,17,18). The van der Waals surface area contributed by atoms with E-state index >= 15 is 0 Å². The second-order valence-corrected chi connectivity index (χ2v) is 5.36. The van der Waals surface area contributed by atoms with E-state index in [1.165, 1.54) is 6.07 Å². The van der Waals surface area contributed by atoms with Crippen LogP contribution in [0.1, 0.15) is 26.5 Å². The van der Waals surface area contributed by atoms with E-state index < -0.39 is 0 Å². The van der Waals surface area contributed by atoms with E-state index in [0.29, 0.717) is 17.8 Å². The first kappa shape index (κ1) is 12.8. The van der Waals surface area contributed by atoms with Crippen LogP contribution in [-0.4, -0.2) is 15.7 Å². The van der Waals surface area contributed by atoms with Crippen molar-refractivity contribution >= 4 is 0 Å². The van der Waals surface area contributed by atoms with E-state index in [2.05, 4.69) is 36.3 Å². The Hall–Kier alpha value is -1.68. The summed E-state index contributed by atoms with van der Waals surface area (Å²) in [5.74, 6) is -0.251. The van der Waals surface area contributed by atoms with Crippen LogP contribution in [0.3, 0.4) is 0 Å². The number of halogens is 1. The van der Waals surface area contributed by atoms with Crippen molar-refractivity contribution in [2.24, 2.45) is 0 Å². The second-order valence-electron chi connectivity index (χ2n) is 5.36. The van der Waals surface area contributed by atoms with Crippen LogP contribution in [0.2, 0.25) is 0 Å². The van der Waals surface area contributed by atoms with Crippen LogP contribution in [0.5, 0.6) is 0 Å². The minimum absolute atomic E-state index is 0.0449. The molecule has 0 atom stereocenters. The van der Waals surface area contributed by atoms with Crippen molar-refractivity contribution in [3.05, 3.63) is 41.8 Å². The first-order valence-electron chi connectivity index (χ1n) is 6.00. The first-order valence-corrected chi connectivity index (χ1v) is 6.00. The van der Waals surface area contributed by atoms with Gasteiger partial charge in [0.1, 0.15) is 5.82 Å². The van der Waals surface area contributed by atoms with E-state index in [0.717, 1.165) is 5.69 Å². The molecule has 2 rings (SSSR count). The number of nitrogens with zero attached hydrogens (tertiary/aromatic N) is 1. The maximum absolute atomic E-state index is 13.6. The number of aromatic nitrogens is 2. The van der Waals surface area contributed by atoms with E-state index in [9.17, 15) is 4.39 Å². The normalized spacial score (nSPS) is 11.8. The SMILES string of the molecule is CC(C)(C)NCc1cc(-c2ccccc2F)n[nH]1. The van der Waals surface area contributed by atoms with Crippen molar-refractivity contribution in [3.63, 3.8) is 0 Å². The highest BCUT2D eigenvalue weighted by atomic mass is 19.1. The van der Waals surface area contributed by atoms with Gasteiger partial charge in [0.15, 0.2) is 0 Å². The number of H-pyrrole nitrogens is 1. The molecule has 2 N–H and O–H groups in total. The van der Waals surface area contributed by atoms with Gasteiger partial charge in [0.2, 0.25) is 0 Å². The fraction of sp³-hybridized carbons (Fsp3) is 0.357. The van der Waals surface area contributed by atoms with Gasteiger partial charge in [-0.05, 0) is 39.0 Å². The van der Waals surface area contributed by atoms with Crippen molar-refractivity contribution in [2.45, 2.75) is 32.9 Å². The van der Waals surface area contributed by atoms with Crippen molar-refractivity contribution < 1.29 is 4.39 Å². The van der Waals surface area contributed by atoms with Crippen molar-refractivity contribution in [3.8, 4) is 11.3 Å². The fourth-order valence-electron chi connectivity index (χ4n) is 1.62. The molecule has 2 aromatic rings. The smallest absolute Gasteiger partial charge is 0.132 e. The molecule has 0 radical (unpaired) electrons. The molecule has 0 unspecified atom stereocenters. The molecule has 1 aromatic heterocycles. The summed E-state index contributed by atoms with van der Waals surface area (Å²) in [7, 11) is 0. The lowest BCUT2D eigenvalue weighted by molar-refractivity contribution is 0.421. The lowest BCUT2D eigenvalue weighted by Crippen LogP contribution is -2.35. The molecule has 0 saturated heterocycles. The lowest BCUT2D eigenvalue weighted by atomic mass is 10.1. The third-order valence-electron chi connectivity index (χ3n) is 2.59. The Balaban J connectivity index is 2.14. The predicted octanol–water partition coefficient (Wildman–Crippen LogP) is 3.10. The maximum atomic E-state index is 13.6. The molecule has 0 aliphatic carbocycles. The maximum Gasteiger partial charge on any atom is 0.132 e. The van der Waals surface area contributed by atoms with Gasteiger partial charge in [0.25, 0.3) is 0 Å². The Morgan fingerprint density at radius 2 is 2.00 bits per heavy atom. The van der Waals surface area contributed by atoms with E-state index in [1.54, 1.807) is 18.2 Å². The van der Waals surface area contributed by atoms with E-state index in [1.807, 2.05) is 6.07 Å². The molecule has 0 aliphatic heterocycles. The summed E-state index contributed by atoms with van der Waals surface area (Å²) in [6, 6.07) is 8.52. The highest BCUT2D eigenvalue weighted by Gasteiger charge is 2.11. The third-order valence-corrected chi connectivity index (χ3v) is 2.59. The van der Waals surface area contributed by atoms with Gasteiger partial charge in [0, 0.05) is 23.3 Å². The van der Waals surface area contributed by atoms with Crippen LogP contribution in [-0.2, 0) is 6.54 Å². The minimum Gasteiger partial charge on any atom is -0.306 e. The van der Waals surface area contributed by atoms with Crippen molar-refractivity contribution in [1.29, 1.82) is 0 Å². The molecule has 96 valence electrons. The molecule has 1 aromatic carbocycles. The molecule has 1 heterocycles. The van der Waals surface area contributed by atoms with Gasteiger partial charge in [-0.2, -0.15) is 5.10 Å². The number of hydrogen-bond acceptors (Lipinski definition) is 2. The summed E-state index contributed by atoms with van der Waals surface area (Å²) >= 11 is 0. The van der Waals surface area contributed by atoms with Gasteiger partial charge in [-0.3, -0.25) is 5.10 Å². The molecule has 3 nitrogen and oxygen atoms in total. The van der Waals surface area contributed by atoms with Crippen molar-refractivity contribution in [2.75, 3.05) is 0 Å². The van der Waals surface area contributed by atoms with Gasteiger partial charge in [-0.15, -0.1) is 0 Å². The fourth-order valence-corrected chi connectivity index (χ4v) is 1.62. The molecule has 18 heavy (non-hydrogen) atoms. The van der Waals surface area contributed by atoms with Crippen LogP contribution >= 0.6 is 0 Å². The van der Waals surface area contributed by atoms with E-state index in [-0.39, 0.29) is 11.4 Å². The van der Waals surface area contributed by atoms with Crippen molar-refractivity contribution in [1.82, 2.24) is 15.5 Å². The zero-order valence-corrected chi connectivity index (χ0v) is 10.9. The molecule has 0 fully saturated rings. The summed E-state index contributed by atoms with van der Waals surface area (Å²) in [6.45, 7) is 6.98. The Morgan fingerprint density at radius 1 is 1.28 bits per heavy atom. The molecule has 0 saturated carbocycles. The number of aromatic amines is 1. The zero-order chi connectivity index (χ0) is 13.2. The molecular formula is C14H18FN3. The Bertz CT molecular complexity index is 526. The zero-order valence-electron chi connectivity index (χ0n) is 10.9. The van der Waals surface area contributed by atoms with Gasteiger partial charge in [0.05, 0.1) is 5.69 Å². The van der Waals surface area contributed by atoms with Gasteiger partial charge in [-0.1, -0.05) is 12.1 Å². The van der Waals surface area contributed by atoms with Gasteiger partial charge in [-0.25, -0.2) is 4.39 Å². The van der Waals surface area contributed by atoms with Crippen LogP contribution in [0.4, 0.5) is 4.39 Å². The number of hydrogen-bond donors (Lipinski definition) is 2. The Morgan fingerprint density at radius 3 is 2.67 bits per heavy atom. The number of benzene rings is 1. The number of nitrogens with one attached hydrogen (secondary N) is 2. The van der Waals surface area contributed by atoms with E-state index in [4.69, 9.17) is 0 Å². The minimum atomic E-state index is -0.251. The number of rotatable bonds is 3. The first-order chi connectivity index (χ1) is 8.46.